The van der Waals surface area contributed by atoms with Crippen molar-refractivity contribution in [1.82, 2.24) is 0 Å². The number of carbonyl (C=O) groups excluding carboxylic acids is 3. The van der Waals surface area contributed by atoms with E-state index in [2.05, 4.69) is 142 Å². The van der Waals surface area contributed by atoms with Gasteiger partial charge in [0, 0.05) is 19.3 Å². The Hall–Kier alpha value is -4.19. The second kappa shape index (κ2) is 63.3. The highest BCUT2D eigenvalue weighted by atomic mass is 16.6. The predicted octanol–water partition coefficient (Wildman–Crippen LogP) is 21.6. The normalized spacial score (nSPS) is 12.9. The van der Waals surface area contributed by atoms with Gasteiger partial charge in [-0.05, 0) is 109 Å². The van der Waals surface area contributed by atoms with E-state index in [1.807, 2.05) is 0 Å². The molecule has 0 rings (SSSR count). The van der Waals surface area contributed by atoms with E-state index >= 15 is 0 Å². The Morgan fingerprint density at radius 3 is 0.816 bits per heavy atom. The summed E-state index contributed by atoms with van der Waals surface area (Å²) in [4.78, 5) is 38.2. The highest BCUT2D eigenvalue weighted by molar-refractivity contribution is 5.71. The molecule has 0 spiro atoms. The minimum atomic E-state index is -0.793. The summed E-state index contributed by atoms with van der Waals surface area (Å²) >= 11 is 0. The zero-order valence-corrected chi connectivity index (χ0v) is 49.5. The average Bonchev–Trinajstić information content (AvgIpc) is 3.42. The van der Waals surface area contributed by atoms with Crippen molar-refractivity contribution in [3.8, 4) is 0 Å². The number of esters is 3. The van der Waals surface area contributed by atoms with Crippen LogP contribution < -0.4 is 0 Å². The minimum Gasteiger partial charge on any atom is -0.462 e. The molecule has 0 aliphatic rings. The van der Waals surface area contributed by atoms with Gasteiger partial charge in [-0.15, -0.1) is 0 Å². The number of carbonyl (C=O) groups is 3. The van der Waals surface area contributed by atoms with E-state index in [-0.39, 0.29) is 31.1 Å². The summed E-state index contributed by atoms with van der Waals surface area (Å²) in [5, 5.41) is 0. The molecule has 0 amide bonds. The van der Waals surface area contributed by atoms with Gasteiger partial charge in [-0.2, -0.15) is 0 Å². The summed E-state index contributed by atoms with van der Waals surface area (Å²) in [5.41, 5.74) is 0. The third kappa shape index (κ3) is 60.7. The lowest BCUT2D eigenvalue weighted by Crippen LogP contribution is -2.30. The molecule has 0 radical (unpaired) electrons. The van der Waals surface area contributed by atoms with Gasteiger partial charge < -0.3 is 14.2 Å². The van der Waals surface area contributed by atoms with E-state index < -0.39 is 6.10 Å². The molecule has 0 saturated heterocycles. The Morgan fingerprint density at radius 1 is 0.276 bits per heavy atom. The molecule has 0 aliphatic carbocycles. The Bertz CT molecular complexity index is 1590. The first-order chi connectivity index (χ1) is 37.5. The molecule has 76 heavy (non-hydrogen) atoms. The second-order valence-corrected chi connectivity index (χ2v) is 20.6. The molecule has 0 aromatic heterocycles. The smallest absolute Gasteiger partial charge is 0.306 e. The Kier molecular flexibility index (Phi) is 59.9. The average molecular weight is 1050 g/mol. The molecule has 0 fully saturated rings. The molecule has 6 heteroatoms. The highest BCUT2D eigenvalue weighted by Gasteiger charge is 2.19. The van der Waals surface area contributed by atoms with Crippen LogP contribution in [0.25, 0.3) is 0 Å². The number of hydrogen-bond acceptors (Lipinski definition) is 6. The van der Waals surface area contributed by atoms with Gasteiger partial charge in [0.05, 0.1) is 0 Å². The number of allylic oxidation sites excluding steroid dienone is 20. The predicted molar refractivity (Wildman–Crippen MR) is 330 cm³/mol. The molecular weight excluding hydrogens is 937 g/mol. The number of unbranched alkanes of at least 4 members (excludes halogenated alkanes) is 25. The quantitative estimate of drug-likeness (QED) is 0.0261. The van der Waals surface area contributed by atoms with E-state index in [1.54, 1.807) is 0 Å². The SMILES string of the molecule is CC/C=C\C/C=C\C/C=C\C/C=C\C/C=C\C/C=C\C/C=C\CCCCCCCCCCCC(=O)OCC(COC(=O)CCCCC/C=C\C/C=C\C/C=C\CC)OC(=O)CCCCCCCCCCCCCCCC. The van der Waals surface area contributed by atoms with Crippen molar-refractivity contribution < 1.29 is 28.6 Å². The van der Waals surface area contributed by atoms with Crippen LogP contribution in [0, 0.1) is 0 Å². The fourth-order valence-corrected chi connectivity index (χ4v) is 8.56. The van der Waals surface area contributed by atoms with Crippen molar-refractivity contribution in [2.45, 2.75) is 290 Å². The van der Waals surface area contributed by atoms with Crippen LogP contribution in [0.5, 0.6) is 0 Å². The second-order valence-electron chi connectivity index (χ2n) is 20.6. The van der Waals surface area contributed by atoms with Gasteiger partial charge in [-0.3, -0.25) is 14.4 Å². The molecule has 0 bridgehead atoms. The first-order valence-corrected chi connectivity index (χ1v) is 31.5. The van der Waals surface area contributed by atoms with E-state index in [1.165, 1.54) is 109 Å². The van der Waals surface area contributed by atoms with Crippen molar-refractivity contribution in [3.05, 3.63) is 122 Å². The molecule has 0 aliphatic heterocycles. The molecule has 0 N–H and O–H groups in total. The monoisotopic (exact) mass is 1050 g/mol. The van der Waals surface area contributed by atoms with E-state index in [0.717, 1.165) is 135 Å². The van der Waals surface area contributed by atoms with E-state index in [0.29, 0.717) is 19.3 Å². The molecule has 1 unspecified atom stereocenters. The van der Waals surface area contributed by atoms with Crippen LogP contribution in [0.1, 0.15) is 284 Å². The minimum absolute atomic E-state index is 0.0905. The van der Waals surface area contributed by atoms with Gasteiger partial charge in [-0.1, -0.05) is 277 Å². The molecule has 6 nitrogen and oxygen atoms in total. The van der Waals surface area contributed by atoms with Crippen LogP contribution in [0.3, 0.4) is 0 Å². The number of rotatable bonds is 56. The van der Waals surface area contributed by atoms with Crippen molar-refractivity contribution in [1.29, 1.82) is 0 Å². The number of hydrogen-bond donors (Lipinski definition) is 0. The van der Waals surface area contributed by atoms with Crippen LogP contribution in [0.2, 0.25) is 0 Å². The van der Waals surface area contributed by atoms with Crippen molar-refractivity contribution >= 4 is 17.9 Å². The first-order valence-electron chi connectivity index (χ1n) is 31.5. The van der Waals surface area contributed by atoms with Crippen LogP contribution in [-0.4, -0.2) is 37.2 Å². The maximum atomic E-state index is 12.9. The van der Waals surface area contributed by atoms with Crippen LogP contribution >= 0.6 is 0 Å². The Balaban J connectivity index is 4.27. The Morgan fingerprint density at radius 2 is 0.513 bits per heavy atom. The summed E-state index contributed by atoms with van der Waals surface area (Å²) in [6, 6.07) is 0. The van der Waals surface area contributed by atoms with Crippen LogP contribution in [-0.2, 0) is 28.6 Å². The van der Waals surface area contributed by atoms with Crippen LogP contribution in [0.15, 0.2) is 122 Å². The molecule has 0 saturated carbocycles. The molecule has 1 atom stereocenters. The molecular formula is C70H116O6. The summed E-state index contributed by atoms with van der Waals surface area (Å²) < 4.78 is 16.9. The van der Waals surface area contributed by atoms with Crippen molar-refractivity contribution in [2.24, 2.45) is 0 Å². The summed E-state index contributed by atoms with van der Waals surface area (Å²) in [6.45, 7) is 6.39. The van der Waals surface area contributed by atoms with Gasteiger partial charge in [0.1, 0.15) is 13.2 Å². The lowest BCUT2D eigenvalue weighted by molar-refractivity contribution is -0.167. The molecule has 0 aromatic rings. The van der Waals surface area contributed by atoms with E-state index in [4.69, 9.17) is 14.2 Å². The summed E-state index contributed by atoms with van der Waals surface area (Å²) in [7, 11) is 0. The van der Waals surface area contributed by atoms with Gasteiger partial charge in [-0.25, -0.2) is 0 Å². The molecule has 0 aromatic carbocycles. The summed E-state index contributed by atoms with van der Waals surface area (Å²) in [5.74, 6) is -0.921. The maximum absolute atomic E-state index is 12.9. The lowest BCUT2D eigenvalue weighted by atomic mass is 10.0. The molecule has 0 heterocycles. The van der Waals surface area contributed by atoms with Crippen LogP contribution in [0.4, 0.5) is 0 Å². The van der Waals surface area contributed by atoms with Gasteiger partial charge >= 0.3 is 17.9 Å². The largest absolute Gasteiger partial charge is 0.462 e. The maximum Gasteiger partial charge on any atom is 0.306 e. The highest BCUT2D eigenvalue weighted by Crippen LogP contribution is 2.16. The summed E-state index contributed by atoms with van der Waals surface area (Å²) in [6.07, 6.45) is 87.8. The fourth-order valence-electron chi connectivity index (χ4n) is 8.56. The lowest BCUT2D eigenvalue weighted by Gasteiger charge is -2.18. The van der Waals surface area contributed by atoms with E-state index in [9.17, 15) is 14.4 Å². The third-order valence-electron chi connectivity index (χ3n) is 13.2. The molecule has 432 valence electrons. The zero-order chi connectivity index (χ0) is 55.0. The topological polar surface area (TPSA) is 78.9 Å². The standard InChI is InChI=1S/C70H116O6/c1-4-7-10-13-16-19-22-25-27-28-29-30-31-32-33-34-35-36-37-38-39-40-41-42-43-46-48-51-54-57-60-63-69(72)75-66-67(65-74-68(71)62-59-56-53-50-47-44-24-21-18-15-12-9-6-3)76-70(73)64-61-58-55-52-49-45-26-23-20-17-14-11-8-5-2/h7,9-10,12,16,18-19,21,25,27,29-30,32-33,35-36,38-39,44,47,67H,4-6,8,11,13-15,17,20,22-24,26,28,31,34,37,40-43,45-46,48-66H2,1-3H3/b10-7-,12-9-,19-16-,21-18-,27-25-,30-29-,33-32-,36-35-,39-38-,47-44-. The Labute approximate surface area is 469 Å². The van der Waals surface area contributed by atoms with Gasteiger partial charge in [0.2, 0.25) is 0 Å². The zero-order valence-electron chi connectivity index (χ0n) is 49.5. The van der Waals surface area contributed by atoms with Crippen molar-refractivity contribution in [2.75, 3.05) is 13.2 Å². The third-order valence-corrected chi connectivity index (χ3v) is 13.2. The van der Waals surface area contributed by atoms with Gasteiger partial charge in [0.25, 0.3) is 0 Å². The fraction of sp³-hybridized carbons (Fsp3) is 0.671. The van der Waals surface area contributed by atoms with Gasteiger partial charge in [0.15, 0.2) is 6.10 Å². The first kappa shape index (κ1) is 71.8. The van der Waals surface area contributed by atoms with Crippen molar-refractivity contribution in [3.63, 3.8) is 0 Å². The number of ether oxygens (including phenoxy) is 3.